The summed E-state index contributed by atoms with van der Waals surface area (Å²) in [4.78, 5) is 24.7. The van der Waals surface area contributed by atoms with E-state index in [1.165, 1.54) is 17.0 Å². The van der Waals surface area contributed by atoms with E-state index in [0.29, 0.717) is 12.1 Å². The van der Waals surface area contributed by atoms with Crippen molar-refractivity contribution in [3.63, 3.8) is 0 Å². The molecular weight excluding hydrogens is 273 g/mol. The average Bonchev–Trinajstić information content (AvgIpc) is 2.37. The van der Waals surface area contributed by atoms with E-state index >= 15 is 0 Å². The molecule has 0 radical (unpaired) electrons. The van der Waals surface area contributed by atoms with Crippen molar-refractivity contribution < 1.29 is 18.7 Å². The Kier molecular flexibility index (Phi) is 5.88. The van der Waals surface area contributed by atoms with Crippen molar-refractivity contribution >= 4 is 12.4 Å². The summed E-state index contributed by atoms with van der Waals surface area (Å²) >= 11 is 0. The Bertz CT molecular complexity index is 479. The maximum Gasteiger partial charge on any atom is 0.410 e. The van der Waals surface area contributed by atoms with Gasteiger partial charge in [-0.1, -0.05) is 12.1 Å². The lowest BCUT2D eigenvalue weighted by Gasteiger charge is -2.32. The third-order valence-electron chi connectivity index (χ3n) is 2.92. The molecule has 5 heteroatoms. The number of amides is 1. The van der Waals surface area contributed by atoms with Gasteiger partial charge in [0.2, 0.25) is 0 Å². The van der Waals surface area contributed by atoms with Crippen molar-refractivity contribution in [1.82, 2.24) is 4.90 Å². The lowest BCUT2D eigenvalue weighted by atomic mass is 10.0. The number of carbonyl (C=O) groups excluding carboxylic acids is 2. The Morgan fingerprint density at radius 2 is 1.90 bits per heavy atom. The molecule has 0 spiro atoms. The maximum atomic E-state index is 13.0. The van der Waals surface area contributed by atoms with Crippen molar-refractivity contribution in [3.05, 3.63) is 35.6 Å². The fourth-order valence-electron chi connectivity index (χ4n) is 2.02. The van der Waals surface area contributed by atoms with Crippen LogP contribution in [0.1, 0.15) is 45.7 Å². The van der Waals surface area contributed by atoms with Crippen LogP contribution in [-0.4, -0.2) is 29.4 Å². The fourth-order valence-corrected chi connectivity index (χ4v) is 2.02. The normalized spacial score (nSPS) is 12.6. The molecule has 0 fully saturated rings. The van der Waals surface area contributed by atoms with Crippen LogP contribution in [0.4, 0.5) is 9.18 Å². The zero-order chi connectivity index (χ0) is 16.0. The monoisotopic (exact) mass is 295 g/mol. The fraction of sp³-hybridized carbons (Fsp3) is 0.500. The van der Waals surface area contributed by atoms with E-state index in [9.17, 15) is 14.0 Å². The molecule has 1 aromatic rings. The van der Waals surface area contributed by atoms with Gasteiger partial charge < -0.3 is 14.4 Å². The van der Waals surface area contributed by atoms with Crippen LogP contribution in [0.15, 0.2) is 24.3 Å². The molecule has 0 saturated carbocycles. The van der Waals surface area contributed by atoms with Crippen LogP contribution in [0.3, 0.4) is 0 Å². The second-order valence-corrected chi connectivity index (χ2v) is 5.74. The molecule has 0 bridgehead atoms. The summed E-state index contributed by atoms with van der Waals surface area (Å²) in [5.41, 5.74) is 0.0927. The molecule has 1 atom stereocenters. The smallest absolute Gasteiger partial charge is 0.410 e. The topological polar surface area (TPSA) is 46.6 Å². The van der Waals surface area contributed by atoms with Gasteiger partial charge in [0.05, 0.1) is 6.04 Å². The first-order valence-corrected chi connectivity index (χ1v) is 6.97. The molecule has 0 aliphatic rings. The van der Waals surface area contributed by atoms with Crippen LogP contribution in [-0.2, 0) is 9.53 Å². The summed E-state index contributed by atoms with van der Waals surface area (Å²) in [7, 11) is 0. The number of nitrogens with zero attached hydrogens (tertiary/aromatic N) is 1. The lowest BCUT2D eigenvalue weighted by Crippen LogP contribution is -2.39. The third kappa shape index (κ3) is 5.17. The Morgan fingerprint density at radius 1 is 1.33 bits per heavy atom. The number of hydrogen-bond acceptors (Lipinski definition) is 3. The van der Waals surface area contributed by atoms with Crippen LogP contribution in [0.2, 0.25) is 0 Å². The number of carbonyl (C=O) groups is 2. The SMILES string of the molecule is CCN(C(=O)OC(C)(C)C)C(CC=O)c1ccc(F)cc1. The van der Waals surface area contributed by atoms with Crippen LogP contribution < -0.4 is 0 Å². The van der Waals surface area contributed by atoms with Gasteiger partial charge in [0, 0.05) is 13.0 Å². The predicted molar refractivity (Wildman–Crippen MR) is 78.4 cm³/mol. The maximum absolute atomic E-state index is 13.0. The predicted octanol–water partition coefficient (Wildman–Crippen LogP) is 3.71. The van der Waals surface area contributed by atoms with E-state index in [1.807, 2.05) is 6.92 Å². The largest absolute Gasteiger partial charge is 0.444 e. The van der Waals surface area contributed by atoms with Crippen molar-refractivity contribution in [2.24, 2.45) is 0 Å². The molecule has 1 amide bonds. The Labute approximate surface area is 124 Å². The highest BCUT2D eigenvalue weighted by atomic mass is 19.1. The molecule has 0 N–H and O–H groups in total. The minimum Gasteiger partial charge on any atom is -0.444 e. The molecule has 0 heterocycles. The first-order valence-electron chi connectivity index (χ1n) is 6.97. The molecule has 116 valence electrons. The summed E-state index contributed by atoms with van der Waals surface area (Å²) in [6.45, 7) is 7.55. The van der Waals surface area contributed by atoms with E-state index in [2.05, 4.69) is 0 Å². The van der Waals surface area contributed by atoms with E-state index in [0.717, 1.165) is 6.29 Å². The number of aldehydes is 1. The Balaban J connectivity index is 3.02. The first kappa shape index (κ1) is 17.1. The van der Waals surface area contributed by atoms with Gasteiger partial charge in [-0.2, -0.15) is 0 Å². The lowest BCUT2D eigenvalue weighted by molar-refractivity contribution is -0.108. The van der Waals surface area contributed by atoms with E-state index in [-0.39, 0.29) is 12.2 Å². The van der Waals surface area contributed by atoms with E-state index in [1.54, 1.807) is 32.9 Å². The van der Waals surface area contributed by atoms with Gasteiger partial charge in [0.1, 0.15) is 17.7 Å². The Morgan fingerprint density at radius 3 is 2.33 bits per heavy atom. The van der Waals surface area contributed by atoms with E-state index in [4.69, 9.17) is 4.74 Å². The highest BCUT2D eigenvalue weighted by molar-refractivity contribution is 5.69. The van der Waals surface area contributed by atoms with Gasteiger partial charge in [-0.15, -0.1) is 0 Å². The van der Waals surface area contributed by atoms with Gasteiger partial charge in [-0.05, 0) is 45.4 Å². The second-order valence-electron chi connectivity index (χ2n) is 5.74. The molecule has 0 aliphatic heterocycles. The van der Waals surface area contributed by atoms with Gasteiger partial charge in [-0.3, -0.25) is 0 Å². The minimum atomic E-state index is -0.612. The molecule has 0 aliphatic carbocycles. The van der Waals surface area contributed by atoms with Gasteiger partial charge in [-0.25, -0.2) is 9.18 Å². The number of halogens is 1. The van der Waals surface area contributed by atoms with Crippen molar-refractivity contribution in [1.29, 1.82) is 0 Å². The van der Waals surface area contributed by atoms with E-state index < -0.39 is 17.7 Å². The molecule has 1 unspecified atom stereocenters. The van der Waals surface area contributed by atoms with Gasteiger partial charge in [0.25, 0.3) is 0 Å². The number of ether oxygens (including phenoxy) is 1. The van der Waals surface area contributed by atoms with Gasteiger partial charge >= 0.3 is 6.09 Å². The van der Waals surface area contributed by atoms with Crippen LogP contribution >= 0.6 is 0 Å². The summed E-state index contributed by atoms with van der Waals surface area (Å²) in [6, 6.07) is 5.34. The van der Waals surface area contributed by atoms with Gasteiger partial charge in [0.15, 0.2) is 0 Å². The quantitative estimate of drug-likeness (QED) is 0.778. The van der Waals surface area contributed by atoms with Crippen LogP contribution in [0.5, 0.6) is 0 Å². The molecule has 21 heavy (non-hydrogen) atoms. The molecule has 4 nitrogen and oxygen atoms in total. The molecule has 1 aromatic carbocycles. The van der Waals surface area contributed by atoms with Crippen molar-refractivity contribution in [2.45, 2.75) is 45.8 Å². The second kappa shape index (κ2) is 7.20. The average molecular weight is 295 g/mol. The molecular formula is C16H22FNO3. The zero-order valence-electron chi connectivity index (χ0n) is 12.9. The highest BCUT2D eigenvalue weighted by Gasteiger charge is 2.28. The summed E-state index contributed by atoms with van der Waals surface area (Å²) < 4.78 is 18.4. The molecule has 1 rings (SSSR count). The summed E-state index contributed by atoms with van der Waals surface area (Å²) in [5, 5.41) is 0. The number of hydrogen-bond donors (Lipinski definition) is 0. The first-order chi connectivity index (χ1) is 9.78. The standard InChI is InChI=1S/C16H22FNO3/c1-5-18(15(20)21-16(2,3)4)14(10-11-19)12-6-8-13(17)9-7-12/h6-9,11,14H,5,10H2,1-4H3. The zero-order valence-corrected chi connectivity index (χ0v) is 12.9. The summed E-state index contributed by atoms with van der Waals surface area (Å²) in [5.74, 6) is -0.357. The third-order valence-corrected chi connectivity index (χ3v) is 2.92. The van der Waals surface area contributed by atoms with Crippen LogP contribution in [0, 0.1) is 5.82 Å². The summed E-state index contributed by atoms with van der Waals surface area (Å²) in [6.07, 6.45) is 0.404. The highest BCUT2D eigenvalue weighted by Crippen LogP contribution is 2.25. The Hall–Kier alpha value is -1.91. The molecule has 0 saturated heterocycles. The van der Waals surface area contributed by atoms with Crippen LogP contribution in [0.25, 0.3) is 0 Å². The number of benzene rings is 1. The molecule has 0 aromatic heterocycles. The minimum absolute atomic E-state index is 0.138. The number of rotatable bonds is 5. The van der Waals surface area contributed by atoms with Crippen molar-refractivity contribution in [2.75, 3.05) is 6.54 Å². The van der Waals surface area contributed by atoms with Crippen molar-refractivity contribution in [3.8, 4) is 0 Å².